The average Bonchev–Trinajstić information content (AvgIpc) is 2.72. The highest BCUT2D eigenvalue weighted by Crippen LogP contribution is 2.27. The molecule has 0 unspecified atom stereocenters. The smallest absolute Gasteiger partial charge is 0.336 e. The summed E-state index contributed by atoms with van der Waals surface area (Å²) in [6.07, 6.45) is 1.64. The maximum Gasteiger partial charge on any atom is 0.336 e. The van der Waals surface area contributed by atoms with E-state index in [1.54, 1.807) is 37.5 Å². The Morgan fingerprint density at radius 1 is 0.964 bits per heavy atom. The average molecular weight is 374 g/mol. The van der Waals surface area contributed by atoms with Crippen molar-refractivity contribution in [2.24, 2.45) is 0 Å². The Morgan fingerprint density at radius 3 is 2.32 bits per heavy atom. The molecule has 142 valence electrons. The number of aliphatic carboxylic acids is 1. The van der Waals surface area contributed by atoms with Crippen LogP contribution in [0.15, 0.2) is 72.8 Å². The zero-order valence-corrected chi connectivity index (χ0v) is 15.9. The fraction of sp³-hybridized carbons (Fsp3) is 0.125. The van der Waals surface area contributed by atoms with Gasteiger partial charge in [0.05, 0.1) is 12.7 Å². The van der Waals surface area contributed by atoms with E-state index < -0.39 is 5.97 Å². The van der Waals surface area contributed by atoms with Gasteiger partial charge in [0, 0.05) is 5.56 Å². The number of hydrogen-bond donors (Lipinski definition) is 1. The maximum absolute atomic E-state index is 11.9. The molecule has 3 rings (SSSR count). The second kappa shape index (κ2) is 8.91. The standard InChI is InChI=1S/C24H22O4/c1-17-7-3-4-9-20(17)16-28-23-10-6-5-8-19(23)15-22(24(25)26)18-11-13-21(27-2)14-12-18/h3-15H,16H2,1-2H3,(H,25,26)/b22-15-. The molecule has 0 saturated carbocycles. The van der Waals surface area contributed by atoms with E-state index in [0.717, 1.165) is 11.1 Å². The first-order valence-electron chi connectivity index (χ1n) is 8.94. The van der Waals surface area contributed by atoms with E-state index in [2.05, 4.69) is 0 Å². The molecule has 1 N–H and O–H groups in total. The summed E-state index contributed by atoms with van der Waals surface area (Å²) >= 11 is 0. The van der Waals surface area contributed by atoms with Crippen molar-refractivity contribution in [1.82, 2.24) is 0 Å². The Labute approximate surface area is 164 Å². The minimum atomic E-state index is -1.00. The number of rotatable bonds is 7. The molecule has 3 aromatic rings. The van der Waals surface area contributed by atoms with Crippen molar-refractivity contribution in [3.8, 4) is 11.5 Å². The highest BCUT2D eigenvalue weighted by atomic mass is 16.5. The zero-order valence-electron chi connectivity index (χ0n) is 15.9. The van der Waals surface area contributed by atoms with Crippen molar-refractivity contribution in [3.05, 3.63) is 95.1 Å². The fourth-order valence-electron chi connectivity index (χ4n) is 2.85. The Morgan fingerprint density at radius 2 is 1.64 bits per heavy atom. The van der Waals surface area contributed by atoms with Gasteiger partial charge in [-0.1, -0.05) is 54.6 Å². The number of methoxy groups -OCH3 is 1. The van der Waals surface area contributed by atoms with Gasteiger partial charge in [0.2, 0.25) is 0 Å². The third kappa shape index (κ3) is 4.60. The lowest BCUT2D eigenvalue weighted by Crippen LogP contribution is -2.01. The molecule has 0 amide bonds. The molecule has 0 fully saturated rings. The summed E-state index contributed by atoms with van der Waals surface area (Å²) in [6, 6.07) is 22.4. The van der Waals surface area contributed by atoms with Gasteiger partial charge in [-0.25, -0.2) is 4.79 Å². The Bertz CT molecular complexity index is 987. The van der Waals surface area contributed by atoms with E-state index >= 15 is 0 Å². The molecule has 3 aromatic carbocycles. The second-order valence-electron chi connectivity index (χ2n) is 6.34. The summed E-state index contributed by atoms with van der Waals surface area (Å²) < 4.78 is 11.1. The Balaban J connectivity index is 1.90. The summed E-state index contributed by atoms with van der Waals surface area (Å²) in [6.45, 7) is 2.46. The number of para-hydroxylation sites is 1. The molecule has 0 aromatic heterocycles. The van der Waals surface area contributed by atoms with Crippen LogP contribution in [0.2, 0.25) is 0 Å². The first-order valence-corrected chi connectivity index (χ1v) is 8.94. The lowest BCUT2D eigenvalue weighted by Gasteiger charge is -2.12. The normalized spacial score (nSPS) is 11.1. The van der Waals surface area contributed by atoms with Gasteiger partial charge >= 0.3 is 5.97 Å². The zero-order chi connectivity index (χ0) is 19.9. The third-order valence-electron chi connectivity index (χ3n) is 4.49. The van der Waals surface area contributed by atoms with Gasteiger partial charge in [-0.15, -0.1) is 0 Å². The van der Waals surface area contributed by atoms with E-state index in [1.165, 1.54) is 0 Å². The number of ether oxygens (including phenoxy) is 2. The molecule has 28 heavy (non-hydrogen) atoms. The molecule has 4 heteroatoms. The molecule has 0 atom stereocenters. The number of carbonyl (C=O) groups is 1. The van der Waals surface area contributed by atoms with Crippen LogP contribution in [0, 0.1) is 6.92 Å². The van der Waals surface area contributed by atoms with Crippen LogP contribution >= 0.6 is 0 Å². The lowest BCUT2D eigenvalue weighted by atomic mass is 10.0. The molecular formula is C24H22O4. The van der Waals surface area contributed by atoms with E-state index in [0.29, 0.717) is 29.2 Å². The molecule has 0 bridgehead atoms. The van der Waals surface area contributed by atoms with Crippen LogP contribution in [-0.2, 0) is 11.4 Å². The molecule has 0 aliphatic carbocycles. The predicted octanol–water partition coefficient (Wildman–Crippen LogP) is 5.21. The van der Waals surface area contributed by atoms with Gasteiger partial charge in [-0.2, -0.15) is 0 Å². The van der Waals surface area contributed by atoms with Gasteiger partial charge in [0.1, 0.15) is 18.1 Å². The van der Waals surface area contributed by atoms with Crippen LogP contribution < -0.4 is 9.47 Å². The minimum Gasteiger partial charge on any atom is -0.497 e. The fourth-order valence-corrected chi connectivity index (χ4v) is 2.85. The van der Waals surface area contributed by atoms with Crippen molar-refractivity contribution in [1.29, 1.82) is 0 Å². The van der Waals surface area contributed by atoms with Gasteiger partial charge in [-0.3, -0.25) is 0 Å². The summed E-state index contributed by atoms with van der Waals surface area (Å²) in [5, 5.41) is 9.71. The van der Waals surface area contributed by atoms with Crippen molar-refractivity contribution >= 4 is 17.6 Å². The summed E-state index contributed by atoms with van der Waals surface area (Å²) in [4.78, 5) is 11.9. The minimum absolute atomic E-state index is 0.189. The van der Waals surface area contributed by atoms with Crippen LogP contribution in [0.25, 0.3) is 11.6 Å². The molecule has 0 spiro atoms. The summed E-state index contributed by atoms with van der Waals surface area (Å²) in [5.41, 5.74) is 3.75. The van der Waals surface area contributed by atoms with Crippen molar-refractivity contribution in [3.63, 3.8) is 0 Å². The van der Waals surface area contributed by atoms with Gasteiger partial charge < -0.3 is 14.6 Å². The van der Waals surface area contributed by atoms with Gasteiger partial charge in [0.25, 0.3) is 0 Å². The molecular weight excluding hydrogens is 352 g/mol. The van der Waals surface area contributed by atoms with E-state index in [9.17, 15) is 9.90 Å². The monoisotopic (exact) mass is 374 g/mol. The van der Waals surface area contributed by atoms with E-state index in [4.69, 9.17) is 9.47 Å². The maximum atomic E-state index is 11.9. The Hall–Kier alpha value is -3.53. The molecule has 0 radical (unpaired) electrons. The predicted molar refractivity (Wildman–Crippen MR) is 110 cm³/mol. The number of aryl methyl sites for hydroxylation is 1. The second-order valence-corrected chi connectivity index (χ2v) is 6.34. The van der Waals surface area contributed by atoms with Crippen LogP contribution in [0.5, 0.6) is 11.5 Å². The molecule has 4 nitrogen and oxygen atoms in total. The highest BCUT2D eigenvalue weighted by Gasteiger charge is 2.12. The van der Waals surface area contributed by atoms with Gasteiger partial charge in [0.15, 0.2) is 0 Å². The topological polar surface area (TPSA) is 55.8 Å². The van der Waals surface area contributed by atoms with Crippen molar-refractivity contribution in [2.75, 3.05) is 7.11 Å². The van der Waals surface area contributed by atoms with E-state index in [-0.39, 0.29) is 5.57 Å². The van der Waals surface area contributed by atoms with Crippen LogP contribution in [-0.4, -0.2) is 18.2 Å². The van der Waals surface area contributed by atoms with Crippen LogP contribution in [0.1, 0.15) is 22.3 Å². The SMILES string of the molecule is COc1ccc(/C(=C/c2ccccc2OCc2ccccc2C)C(=O)O)cc1. The number of benzene rings is 3. The van der Waals surface area contributed by atoms with E-state index in [1.807, 2.05) is 55.5 Å². The van der Waals surface area contributed by atoms with Crippen molar-refractivity contribution in [2.45, 2.75) is 13.5 Å². The van der Waals surface area contributed by atoms with Crippen LogP contribution in [0.3, 0.4) is 0 Å². The molecule has 0 heterocycles. The third-order valence-corrected chi connectivity index (χ3v) is 4.49. The number of hydrogen-bond acceptors (Lipinski definition) is 3. The first-order chi connectivity index (χ1) is 13.6. The summed E-state index contributed by atoms with van der Waals surface area (Å²) in [7, 11) is 1.57. The lowest BCUT2D eigenvalue weighted by molar-refractivity contribution is -0.130. The largest absolute Gasteiger partial charge is 0.497 e. The number of carboxylic acid groups (broad SMARTS) is 1. The van der Waals surface area contributed by atoms with Crippen molar-refractivity contribution < 1.29 is 19.4 Å². The quantitative estimate of drug-likeness (QED) is 0.456. The molecule has 0 aliphatic heterocycles. The number of carboxylic acids is 1. The summed E-state index contributed by atoms with van der Waals surface area (Å²) in [5.74, 6) is 0.312. The first kappa shape index (κ1) is 19.2. The van der Waals surface area contributed by atoms with Gasteiger partial charge in [-0.05, 0) is 47.9 Å². The Kier molecular flexibility index (Phi) is 6.12. The molecule has 0 saturated heterocycles. The molecule has 0 aliphatic rings. The van der Waals surface area contributed by atoms with Crippen LogP contribution in [0.4, 0.5) is 0 Å². The highest BCUT2D eigenvalue weighted by molar-refractivity contribution is 6.20.